The van der Waals surface area contributed by atoms with Crippen molar-refractivity contribution >= 4 is 17.7 Å². The second kappa shape index (κ2) is 5.54. The first-order chi connectivity index (χ1) is 12.0. The highest BCUT2D eigenvalue weighted by molar-refractivity contribution is 6.22. The first-order valence-electron chi connectivity index (χ1n) is 8.24. The summed E-state index contributed by atoms with van der Waals surface area (Å²) in [5.41, 5.74) is 2.72. The molecule has 1 aromatic carbocycles. The zero-order chi connectivity index (χ0) is 17.7. The number of hydrogen-bond donors (Lipinski definition) is 0. The molecule has 0 saturated heterocycles. The lowest BCUT2D eigenvalue weighted by atomic mass is 10.1. The summed E-state index contributed by atoms with van der Waals surface area (Å²) in [6.07, 6.45) is 2.42. The summed E-state index contributed by atoms with van der Waals surface area (Å²) >= 11 is 0. The van der Waals surface area contributed by atoms with E-state index in [1.54, 1.807) is 42.4 Å². The Morgan fingerprint density at radius 3 is 2.44 bits per heavy atom. The van der Waals surface area contributed by atoms with E-state index in [1.165, 1.54) is 0 Å². The van der Waals surface area contributed by atoms with Gasteiger partial charge < -0.3 is 9.47 Å². The van der Waals surface area contributed by atoms with Crippen molar-refractivity contribution in [1.29, 1.82) is 0 Å². The molecule has 3 amide bonds. The first kappa shape index (κ1) is 15.6. The van der Waals surface area contributed by atoms with E-state index in [-0.39, 0.29) is 5.91 Å². The number of carbonyl (C=O) groups is 3. The van der Waals surface area contributed by atoms with Crippen molar-refractivity contribution in [3.63, 3.8) is 0 Å². The van der Waals surface area contributed by atoms with Crippen LogP contribution in [0.15, 0.2) is 30.6 Å². The minimum Gasteiger partial charge on any atom is -0.336 e. The highest BCUT2D eigenvalue weighted by Gasteiger charge is 2.42. The third-order valence-electron chi connectivity index (χ3n) is 4.99. The SMILES string of the molecule is CC(C(=O)N1CCc2ncn(C)c2C1)N1C(=O)c2ccccc2C1=O. The number of rotatable bonds is 2. The minimum absolute atomic E-state index is 0.221. The normalized spacial score (nSPS) is 17.5. The number of hydrogen-bond acceptors (Lipinski definition) is 4. The number of amides is 3. The Kier molecular flexibility index (Phi) is 3.45. The molecule has 0 bridgehead atoms. The molecule has 1 unspecified atom stereocenters. The summed E-state index contributed by atoms with van der Waals surface area (Å²) < 4.78 is 1.90. The van der Waals surface area contributed by atoms with Gasteiger partial charge in [0.15, 0.2) is 0 Å². The van der Waals surface area contributed by atoms with E-state index in [0.29, 0.717) is 30.6 Å². The molecule has 0 spiro atoms. The summed E-state index contributed by atoms with van der Waals surface area (Å²) in [6, 6.07) is 5.84. The maximum absolute atomic E-state index is 12.9. The topological polar surface area (TPSA) is 75.5 Å². The van der Waals surface area contributed by atoms with Gasteiger partial charge in [-0.05, 0) is 19.1 Å². The molecule has 0 aliphatic carbocycles. The van der Waals surface area contributed by atoms with Crippen LogP contribution in [0.1, 0.15) is 39.0 Å². The molecule has 128 valence electrons. The van der Waals surface area contributed by atoms with Gasteiger partial charge in [0.25, 0.3) is 11.8 Å². The zero-order valence-corrected chi connectivity index (χ0v) is 14.1. The summed E-state index contributed by atoms with van der Waals surface area (Å²) in [6.45, 7) is 2.59. The van der Waals surface area contributed by atoms with Gasteiger partial charge in [0, 0.05) is 20.0 Å². The van der Waals surface area contributed by atoms with Crippen molar-refractivity contribution < 1.29 is 14.4 Å². The lowest BCUT2D eigenvalue weighted by Gasteiger charge is -2.32. The third kappa shape index (κ3) is 2.26. The van der Waals surface area contributed by atoms with Crippen LogP contribution in [0.5, 0.6) is 0 Å². The number of aryl methyl sites for hydroxylation is 1. The quantitative estimate of drug-likeness (QED) is 0.765. The maximum atomic E-state index is 12.9. The largest absolute Gasteiger partial charge is 0.336 e. The number of imidazole rings is 1. The lowest BCUT2D eigenvalue weighted by Crippen LogP contribution is -2.50. The van der Waals surface area contributed by atoms with Gasteiger partial charge in [-0.3, -0.25) is 19.3 Å². The van der Waals surface area contributed by atoms with E-state index in [4.69, 9.17) is 0 Å². The van der Waals surface area contributed by atoms with E-state index >= 15 is 0 Å². The molecule has 0 N–H and O–H groups in total. The molecule has 4 rings (SSSR count). The molecule has 2 aliphatic heterocycles. The Balaban J connectivity index is 1.57. The Morgan fingerprint density at radius 1 is 1.16 bits per heavy atom. The molecule has 1 aromatic heterocycles. The fraction of sp³-hybridized carbons (Fsp3) is 0.333. The van der Waals surface area contributed by atoms with Gasteiger partial charge >= 0.3 is 0 Å². The van der Waals surface area contributed by atoms with Crippen molar-refractivity contribution in [2.75, 3.05) is 6.54 Å². The fourth-order valence-corrected chi connectivity index (χ4v) is 3.54. The predicted octanol–water partition coefficient (Wildman–Crippen LogP) is 0.989. The number of carbonyl (C=O) groups excluding carboxylic acids is 3. The maximum Gasteiger partial charge on any atom is 0.262 e. The van der Waals surface area contributed by atoms with Crippen LogP contribution in [0.25, 0.3) is 0 Å². The monoisotopic (exact) mass is 338 g/mol. The van der Waals surface area contributed by atoms with Crippen molar-refractivity contribution in [2.24, 2.45) is 7.05 Å². The number of benzene rings is 1. The Hall–Kier alpha value is -2.96. The predicted molar refractivity (Wildman–Crippen MR) is 88.7 cm³/mol. The molecule has 1 atom stereocenters. The van der Waals surface area contributed by atoms with Crippen molar-refractivity contribution in [2.45, 2.75) is 25.9 Å². The lowest BCUT2D eigenvalue weighted by molar-refractivity contribution is -0.136. The van der Waals surface area contributed by atoms with E-state index in [9.17, 15) is 14.4 Å². The summed E-state index contributed by atoms with van der Waals surface area (Å²) in [4.78, 5) is 45.2. The number of imide groups is 1. The van der Waals surface area contributed by atoms with Crippen LogP contribution in [0.3, 0.4) is 0 Å². The number of fused-ring (bicyclic) bond motifs is 2. The number of nitrogens with zero attached hydrogens (tertiary/aromatic N) is 4. The second-order valence-electron chi connectivity index (χ2n) is 6.46. The van der Waals surface area contributed by atoms with Crippen LogP contribution in [-0.4, -0.2) is 49.7 Å². The van der Waals surface area contributed by atoms with Crippen LogP contribution in [0, 0.1) is 0 Å². The van der Waals surface area contributed by atoms with Gasteiger partial charge in [-0.1, -0.05) is 12.1 Å². The summed E-state index contributed by atoms with van der Waals surface area (Å²) in [5, 5.41) is 0. The van der Waals surface area contributed by atoms with Gasteiger partial charge in [0.05, 0.1) is 35.4 Å². The average Bonchev–Trinajstić information content (AvgIpc) is 3.12. The van der Waals surface area contributed by atoms with Gasteiger partial charge in [-0.15, -0.1) is 0 Å². The molecule has 7 nitrogen and oxygen atoms in total. The molecule has 2 aromatic rings. The highest BCUT2D eigenvalue weighted by Crippen LogP contribution is 2.26. The van der Waals surface area contributed by atoms with Crippen LogP contribution in [0.2, 0.25) is 0 Å². The first-order valence-corrected chi connectivity index (χ1v) is 8.24. The second-order valence-corrected chi connectivity index (χ2v) is 6.46. The van der Waals surface area contributed by atoms with E-state index < -0.39 is 17.9 Å². The molecule has 0 radical (unpaired) electrons. The van der Waals surface area contributed by atoms with Gasteiger partial charge in [-0.25, -0.2) is 4.98 Å². The number of aromatic nitrogens is 2. The summed E-state index contributed by atoms with van der Waals surface area (Å²) in [5.74, 6) is -1.03. The molecule has 2 aliphatic rings. The van der Waals surface area contributed by atoms with Gasteiger partial charge in [0.1, 0.15) is 6.04 Å². The Labute approximate surface area is 144 Å². The van der Waals surface area contributed by atoms with Gasteiger partial charge in [0.2, 0.25) is 5.91 Å². The van der Waals surface area contributed by atoms with Gasteiger partial charge in [-0.2, -0.15) is 0 Å². The average molecular weight is 338 g/mol. The molecule has 0 saturated carbocycles. The van der Waals surface area contributed by atoms with Crippen LogP contribution in [-0.2, 0) is 24.8 Å². The van der Waals surface area contributed by atoms with Crippen LogP contribution in [0.4, 0.5) is 0 Å². The van der Waals surface area contributed by atoms with E-state index in [2.05, 4.69) is 4.98 Å². The molecule has 0 fully saturated rings. The Bertz CT molecular complexity index is 866. The van der Waals surface area contributed by atoms with Crippen LogP contribution < -0.4 is 0 Å². The molecule has 25 heavy (non-hydrogen) atoms. The highest BCUT2D eigenvalue weighted by atomic mass is 16.2. The smallest absolute Gasteiger partial charge is 0.262 e. The van der Waals surface area contributed by atoms with Crippen LogP contribution >= 0.6 is 0 Å². The van der Waals surface area contributed by atoms with E-state index in [0.717, 1.165) is 16.3 Å². The Morgan fingerprint density at radius 2 is 1.80 bits per heavy atom. The van der Waals surface area contributed by atoms with Crippen molar-refractivity contribution in [1.82, 2.24) is 19.4 Å². The molecule has 3 heterocycles. The van der Waals surface area contributed by atoms with Crippen molar-refractivity contribution in [3.8, 4) is 0 Å². The minimum atomic E-state index is -0.831. The fourth-order valence-electron chi connectivity index (χ4n) is 3.54. The molecular formula is C18H18N4O3. The summed E-state index contributed by atoms with van der Waals surface area (Å²) in [7, 11) is 1.90. The molecular weight excluding hydrogens is 320 g/mol. The molecule has 7 heteroatoms. The van der Waals surface area contributed by atoms with E-state index in [1.807, 2.05) is 11.6 Å². The standard InChI is InChI=1S/C18H18N4O3/c1-11(22-17(24)12-5-3-4-6-13(12)18(22)25)16(23)21-8-7-14-15(9-21)20(2)10-19-14/h3-6,10-11H,7-9H2,1-2H3. The van der Waals surface area contributed by atoms with Crippen molar-refractivity contribution in [3.05, 3.63) is 53.1 Å². The third-order valence-corrected chi connectivity index (χ3v) is 4.99. The zero-order valence-electron chi connectivity index (χ0n) is 14.1.